The molecule has 2 aromatic rings. The SMILES string of the molecule is CN1CCc2c(n(CC(O)C[NH+]3CCCCCC3)c3ccccc23)C1=O.[Cl-]. The number of hydrogen-bond donors (Lipinski definition) is 2. The monoisotopic (exact) mass is 391 g/mol. The van der Waals surface area contributed by atoms with Crippen molar-refractivity contribution in [2.75, 3.05) is 33.2 Å². The standard InChI is InChI=1S/C21H29N3O2.ClH/c1-22-13-10-18-17-8-4-5-9-19(17)24(20(18)21(22)26)15-16(25)14-23-11-6-2-3-7-12-23;/h4-5,8-9,16,25H,2-3,6-7,10-15H2,1H3;1H. The van der Waals surface area contributed by atoms with Crippen LogP contribution in [0.1, 0.15) is 41.7 Å². The second-order valence-electron chi connectivity index (χ2n) is 7.95. The summed E-state index contributed by atoms with van der Waals surface area (Å²) in [5, 5.41) is 12.0. The van der Waals surface area contributed by atoms with Crippen molar-refractivity contribution in [2.24, 2.45) is 0 Å². The molecule has 0 radical (unpaired) electrons. The first-order valence-corrected chi connectivity index (χ1v) is 10.0. The van der Waals surface area contributed by atoms with Gasteiger partial charge in [0.2, 0.25) is 0 Å². The van der Waals surface area contributed by atoms with Crippen LogP contribution in [0.4, 0.5) is 0 Å². The Hall–Kier alpha value is -1.56. The molecule has 1 saturated heterocycles. The van der Waals surface area contributed by atoms with Crippen molar-refractivity contribution >= 4 is 16.8 Å². The van der Waals surface area contributed by atoms with Gasteiger partial charge in [-0.1, -0.05) is 18.2 Å². The van der Waals surface area contributed by atoms with Gasteiger partial charge in [-0.05, 0) is 43.7 Å². The second-order valence-corrected chi connectivity index (χ2v) is 7.95. The van der Waals surface area contributed by atoms with Crippen LogP contribution in [0, 0.1) is 0 Å². The fourth-order valence-electron chi connectivity index (χ4n) is 4.67. The molecule has 1 atom stereocenters. The lowest BCUT2D eigenvalue weighted by Crippen LogP contribution is -3.13. The Balaban J connectivity index is 0.00000210. The van der Waals surface area contributed by atoms with Crippen LogP contribution >= 0.6 is 0 Å². The molecular formula is C21H30ClN3O2. The quantitative estimate of drug-likeness (QED) is 0.639. The fraction of sp³-hybridized carbons (Fsp3) is 0.571. The number of benzene rings is 1. The van der Waals surface area contributed by atoms with E-state index >= 15 is 0 Å². The first-order valence-electron chi connectivity index (χ1n) is 10.0. The van der Waals surface area contributed by atoms with E-state index in [0.29, 0.717) is 6.54 Å². The summed E-state index contributed by atoms with van der Waals surface area (Å²) in [4.78, 5) is 16.1. The van der Waals surface area contributed by atoms with Crippen LogP contribution in [0.25, 0.3) is 10.9 Å². The van der Waals surface area contributed by atoms with Crippen molar-refractivity contribution in [1.82, 2.24) is 9.47 Å². The molecule has 2 N–H and O–H groups in total. The maximum absolute atomic E-state index is 12.8. The lowest BCUT2D eigenvalue weighted by atomic mass is 10.0. The fourth-order valence-corrected chi connectivity index (χ4v) is 4.67. The number of halogens is 1. The smallest absolute Gasteiger partial charge is 0.270 e. The third kappa shape index (κ3) is 4.00. The number of quaternary nitrogens is 1. The van der Waals surface area contributed by atoms with Gasteiger partial charge in [-0.2, -0.15) is 0 Å². The van der Waals surface area contributed by atoms with E-state index in [1.165, 1.54) is 36.0 Å². The Morgan fingerprint density at radius 3 is 2.59 bits per heavy atom. The van der Waals surface area contributed by atoms with Gasteiger partial charge < -0.3 is 31.9 Å². The third-order valence-corrected chi connectivity index (χ3v) is 6.05. The number of likely N-dealkylation sites (tertiary alicyclic amines) is 1. The Morgan fingerprint density at radius 1 is 1.15 bits per heavy atom. The van der Waals surface area contributed by atoms with Gasteiger partial charge in [0.1, 0.15) is 18.3 Å². The number of aliphatic hydroxyl groups excluding tert-OH is 1. The molecular weight excluding hydrogens is 362 g/mol. The number of aliphatic hydroxyl groups is 1. The van der Waals surface area contributed by atoms with Crippen molar-refractivity contribution in [3.63, 3.8) is 0 Å². The normalized spacial score (nSPS) is 19.5. The molecule has 2 aliphatic heterocycles. The first-order chi connectivity index (χ1) is 12.6. The summed E-state index contributed by atoms with van der Waals surface area (Å²) in [5.74, 6) is 0.0803. The van der Waals surface area contributed by atoms with Gasteiger partial charge in [0, 0.05) is 24.5 Å². The highest BCUT2D eigenvalue weighted by atomic mass is 35.5. The molecule has 0 spiro atoms. The van der Waals surface area contributed by atoms with E-state index in [4.69, 9.17) is 0 Å². The van der Waals surface area contributed by atoms with Crippen LogP contribution in [0.3, 0.4) is 0 Å². The van der Waals surface area contributed by atoms with Crippen LogP contribution in [0.15, 0.2) is 24.3 Å². The minimum atomic E-state index is -0.428. The number of amides is 1. The summed E-state index contributed by atoms with van der Waals surface area (Å²) < 4.78 is 2.07. The molecule has 1 aromatic carbocycles. The molecule has 0 saturated carbocycles. The maximum Gasteiger partial charge on any atom is 0.270 e. The number of hydrogen-bond acceptors (Lipinski definition) is 2. The predicted octanol–water partition coefficient (Wildman–Crippen LogP) is -1.91. The molecule has 3 heterocycles. The third-order valence-electron chi connectivity index (χ3n) is 6.05. The van der Waals surface area contributed by atoms with Crippen molar-refractivity contribution in [3.05, 3.63) is 35.5 Å². The summed E-state index contributed by atoms with van der Waals surface area (Å²) in [5.41, 5.74) is 3.01. The number of aromatic nitrogens is 1. The highest BCUT2D eigenvalue weighted by molar-refractivity contribution is 6.02. The van der Waals surface area contributed by atoms with Gasteiger partial charge in [-0.25, -0.2) is 0 Å². The predicted molar refractivity (Wildman–Crippen MR) is 103 cm³/mol. The van der Waals surface area contributed by atoms with Gasteiger partial charge in [0.15, 0.2) is 0 Å². The molecule has 1 amide bonds. The number of carbonyl (C=O) groups excluding carboxylic acids is 1. The number of fused-ring (bicyclic) bond motifs is 3. The summed E-state index contributed by atoms with van der Waals surface area (Å²) >= 11 is 0. The highest BCUT2D eigenvalue weighted by Gasteiger charge is 2.30. The van der Waals surface area contributed by atoms with Crippen molar-refractivity contribution < 1.29 is 27.2 Å². The van der Waals surface area contributed by atoms with Crippen molar-refractivity contribution in [3.8, 4) is 0 Å². The molecule has 1 aromatic heterocycles. The molecule has 0 bridgehead atoms. The van der Waals surface area contributed by atoms with Gasteiger partial charge in [0.25, 0.3) is 5.91 Å². The average molecular weight is 392 g/mol. The number of para-hydroxylation sites is 1. The summed E-state index contributed by atoms with van der Waals surface area (Å²) in [7, 11) is 1.87. The van der Waals surface area contributed by atoms with E-state index in [1.54, 1.807) is 4.90 Å². The number of carbonyl (C=O) groups is 1. The zero-order chi connectivity index (χ0) is 18.1. The number of nitrogens with one attached hydrogen (secondary N) is 1. The van der Waals surface area contributed by atoms with Gasteiger partial charge >= 0.3 is 0 Å². The van der Waals surface area contributed by atoms with Crippen molar-refractivity contribution in [2.45, 2.75) is 44.8 Å². The second kappa shape index (κ2) is 8.63. The molecule has 27 heavy (non-hydrogen) atoms. The Kier molecular flexibility index (Phi) is 6.45. The molecule has 4 rings (SSSR count). The van der Waals surface area contributed by atoms with Crippen molar-refractivity contribution in [1.29, 1.82) is 0 Å². The first kappa shape index (κ1) is 20.2. The summed E-state index contributed by atoms with van der Waals surface area (Å²) in [6.07, 6.45) is 5.61. The lowest BCUT2D eigenvalue weighted by Gasteiger charge is -2.26. The highest BCUT2D eigenvalue weighted by Crippen LogP contribution is 2.30. The van der Waals surface area contributed by atoms with Crippen LogP contribution in [-0.2, 0) is 13.0 Å². The van der Waals surface area contributed by atoms with Gasteiger partial charge in [-0.3, -0.25) is 4.79 Å². The van der Waals surface area contributed by atoms with Crippen LogP contribution in [-0.4, -0.2) is 59.8 Å². The van der Waals surface area contributed by atoms with Crippen LogP contribution < -0.4 is 17.3 Å². The lowest BCUT2D eigenvalue weighted by molar-refractivity contribution is -0.902. The molecule has 5 nitrogen and oxygen atoms in total. The summed E-state index contributed by atoms with van der Waals surface area (Å²) in [6, 6.07) is 8.24. The largest absolute Gasteiger partial charge is 1.00 e. The minimum Gasteiger partial charge on any atom is -1.00 e. The molecule has 0 aliphatic carbocycles. The minimum absolute atomic E-state index is 0. The van der Waals surface area contributed by atoms with Crippen LogP contribution in [0.5, 0.6) is 0 Å². The van der Waals surface area contributed by atoms with Crippen LogP contribution in [0.2, 0.25) is 0 Å². The molecule has 1 fully saturated rings. The van der Waals surface area contributed by atoms with E-state index < -0.39 is 6.10 Å². The van der Waals surface area contributed by atoms with E-state index in [2.05, 4.69) is 16.7 Å². The Bertz CT molecular complexity index is 796. The molecule has 148 valence electrons. The average Bonchev–Trinajstić information content (AvgIpc) is 2.78. The van der Waals surface area contributed by atoms with Gasteiger partial charge in [0.05, 0.1) is 19.6 Å². The molecule has 6 heteroatoms. The Labute approximate surface area is 167 Å². The van der Waals surface area contributed by atoms with E-state index in [0.717, 1.165) is 49.4 Å². The molecule has 2 aliphatic rings. The number of likely N-dealkylation sites (N-methyl/N-ethyl adjacent to an activating group) is 1. The number of nitrogens with zero attached hydrogens (tertiary/aromatic N) is 2. The van der Waals surface area contributed by atoms with E-state index in [9.17, 15) is 9.90 Å². The Morgan fingerprint density at radius 2 is 1.85 bits per heavy atom. The van der Waals surface area contributed by atoms with Gasteiger partial charge in [-0.15, -0.1) is 0 Å². The zero-order valence-corrected chi connectivity index (χ0v) is 16.8. The topological polar surface area (TPSA) is 49.9 Å². The van der Waals surface area contributed by atoms with E-state index in [-0.39, 0.29) is 18.3 Å². The number of rotatable bonds is 4. The zero-order valence-electron chi connectivity index (χ0n) is 16.1. The molecule has 1 unspecified atom stereocenters. The maximum atomic E-state index is 12.8. The van der Waals surface area contributed by atoms with E-state index in [1.807, 2.05) is 19.2 Å². The summed E-state index contributed by atoms with van der Waals surface area (Å²) in [6.45, 7) is 4.34.